The van der Waals surface area contributed by atoms with Crippen LogP contribution in [0.4, 0.5) is 0 Å². The fourth-order valence-corrected chi connectivity index (χ4v) is 2.30. The van der Waals surface area contributed by atoms with Crippen molar-refractivity contribution in [2.75, 3.05) is 0 Å². The lowest BCUT2D eigenvalue weighted by Gasteiger charge is -2.16. The Labute approximate surface area is 120 Å². The zero-order chi connectivity index (χ0) is 14.7. The van der Waals surface area contributed by atoms with E-state index in [9.17, 15) is 4.79 Å². The summed E-state index contributed by atoms with van der Waals surface area (Å²) in [4.78, 5) is 12.5. The van der Waals surface area contributed by atoms with Gasteiger partial charge in [0.2, 0.25) is 0 Å². The summed E-state index contributed by atoms with van der Waals surface area (Å²) in [5, 5.41) is 0. The van der Waals surface area contributed by atoms with Crippen LogP contribution in [0, 0.1) is 12.8 Å². The molecular formula is C17H22N2O. The Bertz CT molecular complexity index is 639. The molecule has 2 N–H and O–H groups in total. The van der Waals surface area contributed by atoms with Crippen LogP contribution in [0.15, 0.2) is 41.2 Å². The van der Waals surface area contributed by atoms with Gasteiger partial charge in [-0.3, -0.25) is 4.79 Å². The maximum absolute atomic E-state index is 12.5. The molecule has 3 nitrogen and oxygen atoms in total. The number of nitrogens with two attached hydrogens (primary N) is 1. The summed E-state index contributed by atoms with van der Waals surface area (Å²) in [5.41, 5.74) is 9.58. The van der Waals surface area contributed by atoms with Gasteiger partial charge < -0.3 is 10.3 Å². The molecule has 0 spiro atoms. The van der Waals surface area contributed by atoms with Gasteiger partial charge in [-0.15, -0.1) is 0 Å². The number of rotatable bonds is 4. The number of pyridine rings is 1. The van der Waals surface area contributed by atoms with E-state index < -0.39 is 0 Å². The third kappa shape index (κ3) is 2.99. The molecule has 0 aliphatic heterocycles. The Kier molecular flexibility index (Phi) is 4.40. The first-order valence-corrected chi connectivity index (χ1v) is 7.02. The first-order valence-electron chi connectivity index (χ1n) is 7.02. The first-order chi connectivity index (χ1) is 9.52. The van der Waals surface area contributed by atoms with Crippen molar-refractivity contribution in [3.8, 4) is 11.3 Å². The van der Waals surface area contributed by atoms with Crippen LogP contribution in [0.2, 0.25) is 0 Å². The highest BCUT2D eigenvalue weighted by atomic mass is 16.1. The lowest BCUT2D eigenvalue weighted by atomic mass is 10.1. The van der Waals surface area contributed by atoms with Crippen LogP contribution in [0.3, 0.4) is 0 Å². The second-order valence-corrected chi connectivity index (χ2v) is 5.62. The van der Waals surface area contributed by atoms with Crippen molar-refractivity contribution in [1.82, 2.24) is 4.57 Å². The molecule has 1 heterocycles. The molecule has 20 heavy (non-hydrogen) atoms. The van der Waals surface area contributed by atoms with E-state index in [2.05, 4.69) is 45.0 Å². The number of aromatic nitrogens is 1. The Morgan fingerprint density at radius 1 is 1.10 bits per heavy atom. The van der Waals surface area contributed by atoms with Crippen LogP contribution < -0.4 is 11.3 Å². The predicted molar refractivity (Wildman–Crippen MR) is 83.6 cm³/mol. The van der Waals surface area contributed by atoms with Gasteiger partial charge in [0.25, 0.3) is 5.56 Å². The average molecular weight is 270 g/mol. The Hall–Kier alpha value is -1.87. The monoisotopic (exact) mass is 270 g/mol. The number of benzene rings is 1. The van der Waals surface area contributed by atoms with Crippen molar-refractivity contribution in [3.05, 3.63) is 57.9 Å². The molecule has 106 valence electrons. The fourth-order valence-electron chi connectivity index (χ4n) is 2.30. The summed E-state index contributed by atoms with van der Waals surface area (Å²) >= 11 is 0. The number of nitrogens with zero attached hydrogens (tertiary/aromatic N) is 1. The number of hydrogen-bond acceptors (Lipinski definition) is 2. The van der Waals surface area contributed by atoms with Gasteiger partial charge in [-0.2, -0.15) is 0 Å². The molecule has 0 fully saturated rings. The Morgan fingerprint density at radius 2 is 1.75 bits per heavy atom. The molecule has 0 atom stereocenters. The first kappa shape index (κ1) is 14.5. The van der Waals surface area contributed by atoms with Gasteiger partial charge >= 0.3 is 0 Å². The van der Waals surface area contributed by atoms with Gasteiger partial charge in [-0.1, -0.05) is 49.7 Å². The Balaban J connectivity index is 2.60. The Morgan fingerprint density at radius 3 is 2.30 bits per heavy atom. The zero-order valence-electron chi connectivity index (χ0n) is 12.4. The van der Waals surface area contributed by atoms with Gasteiger partial charge in [0, 0.05) is 18.7 Å². The summed E-state index contributed by atoms with van der Waals surface area (Å²) in [6, 6.07) is 12.1. The average Bonchev–Trinajstić information content (AvgIpc) is 2.42. The number of hydrogen-bond donors (Lipinski definition) is 1. The summed E-state index contributed by atoms with van der Waals surface area (Å²) in [6.07, 6.45) is 0. The van der Waals surface area contributed by atoms with Gasteiger partial charge in [0.05, 0.1) is 5.69 Å². The number of aryl methyl sites for hydroxylation is 1. The van der Waals surface area contributed by atoms with E-state index in [-0.39, 0.29) is 12.1 Å². The van der Waals surface area contributed by atoms with Crippen LogP contribution >= 0.6 is 0 Å². The quantitative estimate of drug-likeness (QED) is 0.928. The maximum atomic E-state index is 12.5. The van der Waals surface area contributed by atoms with E-state index in [1.54, 1.807) is 0 Å². The molecule has 0 radical (unpaired) electrons. The molecule has 0 saturated carbocycles. The summed E-state index contributed by atoms with van der Waals surface area (Å²) < 4.78 is 1.84. The summed E-state index contributed by atoms with van der Waals surface area (Å²) in [6.45, 7) is 7.27. The van der Waals surface area contributed by atoms with Crippen LogP contribution in [0.25, 0.3) is 11.3 Å². The summed E-state index contributed by atoms with van der Waals surface area (Å²) in [7, 11) is 0. The molecule has 0 saturated heterocycles. The van der Waals surface area contributed by atoms with Crippen molar-refractivity contribution in [3.63, 3.8) is 0 Å². The van der Waals surface area contributed by atoms with E-state index in [0.29, 0.717) is 18.0 Å². The largest absolute Gasteiger partial charge is 0.326 e. The molecule has 1 aromatic carbocycles. The van der Waals surface area contributed by atoms with Crippen molar-refractivity contribution < 1.29 is 0 Å². The van der Waals surface area contributed by atoms with Gasteiger partial charge in [-0.05, 0) is 24.5 Å². The van der Waals surface area contributed by atoms with Crippen LogP contribution in [0.5, 0.6) is 0 Å². The van der Waals surface area contributed by atoms with Gasteiger partial charge in [0.15, 0.2) is 0 Å². The lowest BCUT2D eigenvalue weighted by molar-refractivity contribution is 0.512. The highest BCUT2D eigenvalue weighted by Gasteiger charge is 2.11. The normalized spacial score (nSPS) is 11.1. The van der Waals surface area contributed by atoms with E-state index >= 15 is 0 Å². The predicted octanol–water partition coefficient (Wildman–Crippen LogP) is 2.94. The highest BCUT2D eigenvalue weighted by Crippen LogP contribution is 2.20. The van der Waals surface area contributed by atoms with Crippen molar-refractivity contribution >= 4 is 0 Å². The van der Waals surface area contributed by atoms with E-state index in [4.69, 9.17) is 5.73 Å². The van der Waals surface area contributed by atoms with Crippen LogP contribution in [-0.4, -0.2) is 4.57 Å². The molecule has 0 unspecified atom stereocenters. The van der Waals surface area contributed by atoms with E-state index in [1.165, 1.54) is 5.56 Å². The SMILES string of the molecule is Cc1ccc(-c2ccc(CN)c(=O)n2CC(C)C)cc1. The van der Waals surface area contributed by atoms with Crippen LogP contribution in [0.1, 0.15) is 25.0 Å². The molecular weight excluding hydrogens is 248 g/mol. The maximum Gasteiger partial charge on any atom is 0.255 e. The second kappa shape index (κ2) is 6.06. The third-order valence-electron chi connectivity index (χ3n) is 3.37. The third-order valence-corrected chi connectivity index (χ3v) is 3.37. The highest BCUT2D eigenvalue weighted by molar-refractivity contribution is 5.60. The molecule has 3 heteroatoms. The second-order valence-electron chi connectivity index (χ2n) is 5.62. The molecule has 0 bridgehead atoms. The van der Waals surface area contributed by atoms with Gasteiger partial charge in [-0.25, -0.2) is 0 Å². The van der Waals surface area contributed by atoms with Crippen LogP contribution in [-0.2, 0) is 13.1 Å². The molecule has 0 aliphatic rings. The molecule has 2 rings (SSSR count). The zero-order valence-corrected chi connectivity index (χ0v) is 12.4. The van der Waals surface area contributed by atoms with Gasteiger partial charge in [0.1, 0.15) is 0 Å². The smallest absolute Gasteiger partial charge is 0.255 e. The van der Waals surface area contributed by atoms with Crippen molar-refractivity contribution in [2.45, 2.75) is 33.9 Å². The molecule has 0 amide bonds. The minimum absolute atomic E-state index is 0.0271. The molecule has 0 aliphatic carbocycles. The standard InChI is InChI=1S/C17H22N2O/c1-12(2)11-19-16(9-8-15(10-18)17(19)20)14-6-4-13(3)5-7-14/h4-9,12H,10-11,18H2,1-3H3. The lowest BCUT2D eigenvalue weighted by Crippen LogP contribution is -2.28. The van der Waals surface area contributed by atoms with E-state index in [0.717, 1.165) is 11.3 Å². The topological polar surface area (TPSA) is 48.0 Å². The van der Waals surface area contributed by atoms with Crippen molar-refractivity contribution in [1.29, 1.82) is 0 Å². The fraction of sp³-hybridized carbons (Fsp3) is 0.353. The molecule has 2 aromatic rings. The minimum atomic E-state index is 0.0271. The van der Waals surface area contributed by atoms with E-state index in [1.807, 2.05) is 16.7 Å². The summed E-state index contributed by atoms with van der Waals surface area (Å²) in [5.74, 6) is 0.407. The molecule has 1 aromatic heterocycles. The van der Waals surface area contributed by atoms with Crippen molar-refractivity contribution in [2.24, 2.45) is 11.7 Å². The minimum Gasteiger partial charge on any atom is -0.326 e.